The molecule has 0 saturated heterocycles. The Morgan fingerprint density at radius 1 is 1.00 bits per heavy atom. The van der Waals surface area contributed by atoms with Gasteiger partial charge >= 0.3 is 0 Å². The first-order valence-corrected chi connectivity index (χ1v) is 6.93. The monoisotopic (exact) mass is 314 g/mol. The molecule has 0 aliphatic heterocycles. The Labute approximate surface area is 127 Å². The Balaban J connectivity index is 2.00. The fourth-order valence-electron chi connectivity index (χ4n) is 1.77. The molecule has 0 atom stereocenters. The Morgan fingerprint density at radius 3 is 2.47 bits per heavy atom. The van der Waals surface area contributed by atoms with Crippen molar-refractivity contribution in [3.63, 3.8) is 0 Å². The quantitative estimate of drug-likeness (QED) is 0.789. The van der Waals surface area contributed by atoms with Gasteiger partial charge in [-0.1, -0.05) is 46.9 Å². The van der Waals surface area contributed by atoms with Crippen molar-refractivity contribution in [1.29, 1.82) is 0 Å². The number of halogens is 3. The Bertz CT molecular complexity index is 565. The molecule has 3 N–H and O–H groups in total. The van der Waals surface area contributed by atoms with Gasteiger partial charge in [0.25, 0.3) is 0 Å². The highest BCUT2D eigenvalue weighted by molar-refractivity contribution is 6.35. The molecule has 0 heterocycles. The molecule has 2 rings (SSSR count). The SMILES string of the molecule is Nc1cccc(Cl)c1NCCc1ccc(Cl)cc1Cl. The van der Waals surface area contributed by atoms with Crippen LogP contribution in [0, 0.1) is 0 Å². The first-order chi connectivity index (χ1) is 9.08. The predicted molar refractivity (Wildman–Crippen MR) is 84.5 cm³/mol. The molecule has 0 amide bonds. The van der Waals surface area contributed by atoms with Gasteiger partial charge in [-0.15, -0.1) is 0 Å². The largest absolute Gasteiger partial charge is 0.397 e. The van der Waals surface area contributed by atoms with Gasteiger partial charge in [-0.25, -0.2) is 0 Å². The molecule has 0 bridgehead atoms. The van der Waals surface area contributed by atoms with Crippen molar-refractivity contribution in [2.75, 3.05) is 17.6 Å². The summed E-state index contributed by atoms with van der Waals surface area (Å²) >= 11 is 18.0. The highest BCUT2D eigenvalue weighted by atomic mass is 35.5. The van der Waals surface area contributed by atoms with Crippen molar-refractivity contribution in [3.05, 3.63) is 57.0 Å². The standard InChI is InChI=1S/C14H13Cl3N2/c15-10-5-4-9(12(17)8-10)6-7-19-14-11(16)2-1-3-13(14)18/h1-5,8,19H,6-7,18H2. The molecule has 5 heteroatoms. The second-order valence-electron chi connectivity index (χ2n) is 4.12. The van der Waals surface area contributed by atoms with Gasteiger partial charge in [-0.3, -0.25) is 0 Å². The molecule has 0 fully saturated rings. The maximum absolute atomic E-state index is 6.11. The molecule has 2 aromatic rings. The average Bonchev–Trinajstić information content (AvgIpc) is 2.35. The molecular weight excluding hydrogens is 303 g/mol. The highest BCUT2D eigenvalue weighted by Crippen LogP contribution is 2.28. The van der Waals surface area contributed by atoms with Crippen LogP contribution >= 0.6 is 34.8 Å². The highest BCUT2D eigenvalue weighted by Gasteiger charge is 2.05. The maximum atomic E-state index is 6.11. The van der Waals surface area contributed by atoms with Crippen LogP contribution in [-0.4, -0.2) is 6.54 Å². The zero-order valence-electron chi connectivity index (χ0n) is 10.1. The van der Waals surface area contributed by atoms with Crippen LogP contribution < -0.4 is 11.1 Å². The van der Waals surface area contributed by atoms with Gasteiger partial charge in [-0.2, -0.15) is 0 Å². The van der Waals surface area contributed by atoms with Crippen LogP contribution in [0.2, 0.25) is 15.1 Å². The zero-order valence-corrected chi connectivity index (χ0v) is 12.4. The molecule has 2 aromatic carbocycles. The van der Waals surface area contributed by atoms with E-state index in [0.717, 1.165) is 17.7 Å². The fourth-order valence-corrected chi connectivity index (χ4v) is 2.53. The van der Waals surface area contributed by atoms with Crippen LogP contribution in [0.5, 0.6) is 0 Å². The van der Waals surface area contributed by atoms with Crippen molar-refractivity contribution in [1.82, 2.24) is 0 Å². The van der Waals surface area contributed by atoms with Crippen molar-refractivity contribution in [3.8, 4) is 0 Å². The lowest BCUT2D eigenvalue weighted by Crippen LogP contribution is -2.07. The van der Waals surface area contributed by atoms with Crippen LogP contribution in [0.4, 0.5) is 11.4 Å². The Kier molecular flexibility index (Phi) is 4.81. The van der Waals surface area contributed by atoms with Crippen LogP contribution in [-0.2, 0) is 6.42 Å². The molecule has 0 radical (unpaired) electrons. The molecule has 19 heavy (non-hydrogen) atoms. The second kappa shape index (κ2) is 6.38. The Hall–Kier alpha value is -1.09. The summed E-state index contributed by atoms with van der Waals surface area (Å²) in [5.74, 6) is 0. The molecular formula is C14H13Cl3N2. The summed E-state index contributed by atoms with van der Waals surface area (Å²) in [5, 5.41) is 5.14. The third-order valence-corrected chi connectivity index (χ3v) is 3.66. The molecule has 0 aromatic heterocycles. The fraction of sp³-hybridized carbons (Fsp3) is 0.143. The third kappa shape index (κ3) is 3.69. The van der Waals surface area contributed by atoms with E-state index in [0.29, 0.717) is 27.3 Å². The first-order valence-electron chi connectivity index (χ1n) is 5.79. The number of benzene rings is 2. The van der Waals surface area contributed by atoms with Gasteiger partial charge in [0.1, 0.15) is 0 Å². The minimum absolute atomic E-state index is 0.613. The van der Waals surface area contributed by atoms with Gasteiger partial charge < -0.3 is 11.1 Å². The summed E-state index contributed by atoms with van der Waals surface area (Å²) in [4.78, 5) is 0. The molecule has 0 spiro atoms. The van der Waals surface area contributed by atoms with Crippen molar-refractivity contribution >= 4 is 46.2 Å². The molecule has 0 aliphatic carbocycles. The van der Waals surface area contributed by atoms with Crippen molar-refractivity contribution < 1.29 is 0 Å². The molecule has 100 valence electrons. The normalized spacial score (nSPS) is 10.5. The number of para-hydroxylation sites is 1. The summed E-state index contributed by atoms with van der Waals surface area (Å²) in [6.45, 7) is 0.690. The van der Waals surface area contributed by atoms with E-state index < -0.39 is 0 Å². The smallest absolute Gasteiger partial charge is 0.0763 e. The average molecular weight is 316 g/mol. The molecule has 0 saturated carbocycles. The number of nitrogens with one attached hydrogen (secondary N) is 1. The number of hydrogen-bond acceptors (Lipinski definition) is 2. The number of rotatable bonds is 4. The summed E-state index contributed by atoms with van der Waals surface area (Å²) in [5.41, 5.74) is 8.28. The van der Waals surface area contributed by atoms with Gasteiger partial charge in [0.2, 0.25) is 0 Å². The van der Waals surface area contributed by atoms with E-state index in [1.807, 2.05) is 24.3 Å². The topological polar surface area (TPSA) is 38.0 Å². The lowest BCUT2D eigenvalue weighted by Gasteiger charge is -2.11. The number of hydrogen-bond donors (Lipinski definition) is 2. The van der Waals surface area contributed by atoms with E-state index in [-0.39, 0.29) is 0 Å². The summed E-state index contributed by atoms with van der Waals surface area (Å²) in [7, 11) is 0. The minimum Gasteiger partial charge on any atom is -0.397 e. The number of anilines is 2. The number of nitrogens with two attached hydrogens (primary N) is 1. The van der Waals surface area contributed by atoms with Crippen molar-refractivity contribution in [2.45, 2.75) is 6.42 Å². The predicted octanol–water partition coefficient (Wildman–Crippen LogP) is 4.88. The van der Waals surface area contributed by atoms with Crippen LogP contribution in [0.15, 0.2) is 36.4 Å². The summed E-state index contributed by atoms with van der Waals surface area (Å²) in [6, 6.07) is 10.9. The van der Waals surface area contributed by atoms with Crippen LogP contribution in [0.3, 0.4) is 0 Å². The van der Waals surface area contributed by atoms with Gasteiger partial charge in [0.15, 0.2) is 0 Å². The molecule has 0 unspecified atom stereocenters. The lowest BCUT2D eigenvalue weighted by atomic mass is 10.1. The zero-order chi connectivity index (χ0) is 13.8. The second-order valence-corrected chi connectivity index (χ2v) is 5.37. The van der Waals surface area contributed by atoms with Crippen LogP contribution in [0.1, 0.15) is 5.56 Å². The van der Waals surface area contributed by atoms with E-state index in [1.165, 1.54) is 0 Å². The van der Waals surface area contributed by atoms with Gasteiger partial charge in [-0.05, 0) is 36.2 Å². The molecule has 2 nitrogen and oxygen atoms in total. The van der Waals surface area contributed by atoms with E-state index in [4.69, 9.17) is 40.5 Å². The van der Waals surface area contributed by atoms with Gasteiger partial charge in [0.05, 0.1) is 16.4 Å². The van der Waals surface area contributed by atoms with Crippen LogP contribution in [0.25, 0.3) is 0 Å². The maximum Gasteiger partial charge on any atom is 0.0763 e. The summed E-state index contributed by atoms with van der Waals surface area (Å²) < 4.78 is 0. The van der Waals surface area contributed by atoms with E-state index >= 15 is 0 Å². The van der Waals surface area contributed by atoms with E-state index in [2.05, 4.69) is 5.32 Å². The van der Waals surface area contributed by atoms with Gasteiger partial charge in [0, 0.05) is 16.6 Å². The van der Waals surface area contributed by atoms with E-state index in [1.54, 1.807) is 12.1 Å². The Morgan fingerprint density at radius 2 is 1.79 bits per heavy atom. The first kappa shape index (κ1) is 14.3. The minimum atomic E-state index is 0.613. The molecule has 0 aliphatic rings. The lowest BCUT2D eigenvalue weighted by molar-refractivity contribution is 1.02. The van der Waals surface area contributed by atoms with E-state index in [9.17, 15) is 0 Å². The number of nitrogen functional groups attached to an aromatic ring is 1. The van der Waals surface area contributed by atoms with Crippen molar-refractivity contribution in [2.24, 2.45) is 0 Å². The summed E-state index contributed by atoms with van der Waals surface area (Å²) in [6.07, 6.45) is 0.765. The third-order valence-electron chi connectivity index (χ3n) is 2.76.